The normalized spacial score (nSPS) is 15.2. The first-order valence-corrected chi connectivity index (χ1v) is 11.2. The van der Waals surface area contributed by atoms with Gasteiger partial charge in [0.1, 0.15) is 12.3 Å². The highest BCUT2D eigenvalue weighted by Crippen LogP contribution is 2.23. The van der Waals surface area contributed by atoms with Crippen LogP contribution in [0.1, 0.15) is 12.0 Å². The van der Waals surface area contributed by atoms with Crippen molar-refractivity contribution in [2.24, 2.45) is 0 Å². The fourth-order valence-electron chi connectivity index (χ4n) is 3.66. The van der Waals surface area contributed by atoms with E-state index in [1.165, 1.54) is 5.56 Å². The molecule has 1 aliphatic heterocycles. The molecule has 1 N–H and O–H groups in total. The molecule has 0 atom stereocenters. The van der Waals surface area contributed by atoms with E-state index in [-0.39, 0.29) is 12.5 Å². The number of nitrogens with one attached hydrogen (secondary N) is 1. The Labute approximate surface area is 184 Å². The van der Waals surface area contributed by atoms with Crippen molar-refractivity contribution in [3.63, 3.8) is 0 Å². The summed E-state index contributed by atoms with van der Waals surface area (Å²) in [4.78, 5) is 18.4. The number of hydrogen-bond acceptors (Lipinski definition) is 6. The summed E-state index contributed by atoms with van der Waals surface area (Å²) in [6.45, 7) is 4.39. The van der Waals surface area contributed by atoms with E-state index in [1.54, 1.807) is 23.0 Å². The number of aromatic nitrogens is 3. The minimum absolute atomic E-state index is 0.0802. The summed E-state index contributed by atoms with van der Waals surface area (Å²) in [6.07, 6.45) is 0.955. The number of benzene rings is 1. The lowest BCUT2D eigenvalue weighted by molar-refractivity contribution is -0.131. The zero-order valence-electron chi connectivity index (χ0n) is 16.9. The zero-order valence-corrected chi connectivity index (χ0v) is 18.5. The second kappa shape index (κ2) is 9.55. The number of carbonyl (C=O) groups is 1. The Morgan fingerprint density at radius 3 is 2.77 bits per heavy atom. The van der Waals surface area contributed by atoms with Gasteiger partial charge in [-0.1, -0.05) is 18.2 Å². The van der Waals surface area contributed by atoms with Crippen molar-refractivity contribution < 1.29 is 9.53 Å². The minimum Gasteiger partial charge on any atom is -0.497 e. The Balaban J connectivity index is 1.37. The maximum Gasteiger partial charge on any atom is 0.242 e. The van der Waals surface area contributed by atoms with E-state index in [1.807, 2.05) is 34.5 Å². The third kappa shape index (κ3) is 4.80. The molecule has 0 unspecified atom stereocenters. The Morgan fingerprint density at radius 2 is 2.03 bits per heavy atom. The average Bonchev–Trinajstić information content (AvgIpc) is 3.34. The van der Waals surface area contributed by atoms with Crippen molar-refractivity contribution in [1.82, 2.24) is 24.6 Å². The van der Waals surface area contributed by atoms with Crippen LogP contribution < -0.4 is 4.74 Å². The molecule has 0 radical (unpaired) electrons. The largest absolute Gasteiger partial charge is 0.497 e. The van der Waals surface area contributed by atoms with E-state index in [0.717, 1.165) is 49.1 Å². The Morgan fingerprint density at radius 1 is 1.20 bits per heavy atom. The molecule has 1 amide bonds. The Kier molecular flexibility index (Phi) is 6.61. The molecule has 0 aliphatic carbocycles. The van der Waals surface area contributed by atoms with Crippen LogP contribution in [0.3, 0.4) is 0 Å². The van der Waals surface area contributed by atoms with Crippen LogP contribution in [0.15, 0.2) is 41.8 Å². The van der Waals surface area contributed by atoms with Gasteiger partial charge in [0.15, 0.2) is 10.6 Å². The van der Waals surface area contributed by atoms with Crippen LogP contribution in [-0.4, -0.2) is 63.8 Å². The quantitative estimate of drug-likeness (QED) is 0.592. The summed E-state index contributed by atoms with van der Waals surface area (Å²) in [7, 11) is 1.68. The summed E-state index contributed by atoms with van der Waals surface area (Å²) < 4.78 is 7.50. The maximum atomic E-state index is 13.0. The highest BCUT2D eigenvalue weighted by atomic mass is 32.1. The number of amides is 1. The molecule has 3 heterocycles. The van der Waals surface area contributed by atoms with Gasteiger partial charge in [-0.3, -0.25) is 19.4 Å². The first kappa shape index (κ1) is 20.8. The lowest BCUT2D eigenvalue weighted by Crippen LogP contribution is -2.37. The van der Waals surface area contributed by atoms with Crippen LogP contribution >= 0.6 is 23.6 Å². The van der Waals surface area contributed by atoms with Crippen molar-refractivity contribution in [1.29, 1.82) is 0 Å². The van der Waals surface area contributed by atoms with Gasteiger partial charge in [0, 0.05) is 32.7 Å². The molecule has 1 fully saturated rings. The lowest BCUT2D eigenvalue weighted by Gasteiger charge is -2.22. The van der Waals surface area contributed by atoms with Gasteiger partial charge in [-0.2, -0.15) is 5.10 Å². The summed E-state index contributed by atoms with van der Waals surface area (Å²) >= 11 is 6.95. The number of hydrogen-bond donors (Lipinski definition) is 1. The standard InChI is InChI=1S/C21H25N5O2S2/c1-28-17-7-5-16(6-8-17)14-24-9-3-10-25(12-11-24)19(27)15-26-20(22-23-21(26)29)18-4-2-13-30-18/h2,4-8,13H,3,9-12,14-15H2,1H3,(H,23,29). The van der Waals surface area contributed by atoms with Crippen LogP contribution in [0.25, 0.3) is 10.7 Å². The van der Waals surface area contributed by atoms with Gasteiger partial charge in [-0.15, -0.1) is 11.3 Å². The van der Waals surface area contributed by atoms with Gasteiger partial charge in [-0.05, 0) is 47.8 Å². The Bertz CT molecular complexity index is 1030. The highest BCUT2D eigenvalue weighted by Gasteiger charge is 2.21. The first-order valence-electron chi connectivity index (χ1n) is 9.96. The SMILES string of the molecule is COc1ccc(CN2CCCN(C(=O)Cn3c(-c4cccs4)n[nH]c3=S)CC2)cc1. The molecule has 1 aromatic carbocycles. The molecular formula is C21H25N5O2S2. The molecule has 0 saturated carbocycles. The van der Waals surface area contributed by atoms with Crippen molar-refractivity contribution in [3.8, 4) is 16.5 Å². The van der Waals surface area contributed by atoms with Crippen LogP contribution in [-0.2, 0) is 17.9 Å². The first-order chi connectivity index (χ1) is 14.6. The van der Waals surface area contributed by atoms with Gasteiger partial charge in [0.2, 0.25) is 5.91 Å². The maximum absolute atomic E-state index is 13.0. The molecule has 0 spiro atoms. The van der Waals surface area contributed by atoms with Gasteiger partial charge < -0.3 is 9.64 Å². The molecule has 0 bridgehead atoms. The number of carbonyl (C=O) groups excluding carboxylic acids is 1. The van der Waals surface area contributed by atoms with Gasteiger partial charge in [0.25, 0.3) is 0 Å². The topological polar surface area (TPSA) is 66.4 Å². The van der Waals surface area contributed by atoms with Crippen LogP contribution in [0.2, 0.25) is 0 Å². The molecule has 158 valence electrons. The minimum atomic E-state index is 0.0802. The third-order valence-corrected chi connectivity index (χ3v) is 6.48. The van der Waals surface area contributed by atoms with Crippen molar-refractivity contribution in [3.05, 3.63) is 52.1 Å². The number of thiophene rings is 1. The van der Waals surface area contributed by atoms with Gasteiger partial charge >= 0.3 is 0 Å². The monoisotopic (exact) mass is 443 g/mol. The molecule has 1 saturated heterocycles. The number of nitrogens with zero attached hydrogens (tertiary/aromatic N) is 4. The number of methoxy groups -OCH3 is 1. The van der Waals surface area contributed by atoms with Gasteiger partial charge in [0.05, 0.1) is 12.0 Å². The van der Waals surface area contributed by atoms with Crippen molar-refractivity contribution in [2.75, 3.05) is 33.3 Å². The number of rotatable bonds is 6. The predicted molar refractivity (Wildman–Crippen MR) is 120 cm³/mol. The Hall–Kier alpha value is -2.49. The highest BCUT2D eigenvalue weighted by molar-refractivity contribution is 7.71. The van der Waals surface area contributed by atoms with Gasteiger partial charge in [-0.25, -0.2) is 0 Å². The fourth-order valence-corrected chi connectivity index (χ4v) is 4.58. The summed E-state index contributed by atoms with van der Waals surface area (Å²) in [5.74, 6) is 1.67. The molecule has 2 aromatic heterocycles. The molecule has 1 aliphatic rings. The second-order valence-electron chi connectivity index (χ2n) is 7.27. The molecule has 4 rings (SSSR count). The second-order valence-corrected chi connectivity index (χ2v) is 8.61. The third-order valence-electron chi connectivity index (χ3n) is 5.30. The van der Waals surface area contributed by atoms with E-state index in [2.05, 4.69) is 27.2 Å². The predicted octanol–water partition coefficient (Wildman–Crippen LogP) is 3.41. The molecule has 9 heteroatoms. The number of ether oxygens (including phenoxy) is 1. The zero-order chi connectivity index (χ0) is 20.9. The van der Waals surface area contributed by atoms with E-state index >= 15 is 0 Å². The number of H-pyrrole nitrogens is 1. The van der Waals surface area contributed by atoms with Crippen LogP contribution in [0.5, 0.6) is 5.75 Å². The van der Waals surface area contributed by atoms with Crippen molar-refractivity contribution in [2.45, 2.75) is 19.5 Å². The molecule has 7 nitrogen and oxygen atoms in total. The summed E-state index contributed by atoms with van der Waals surface area (Å²) in [6, 6.07) is 12.1. The fraction of sp³-hybridized carbons (Fsp3) is 0.381. The van der Waals surface area contributed by atoms with Crippen LogP contribution in [0.4, 0.5) is 0 Å². The lowest BCUT2D eigenvalue weighted by atomic mass is 10.2. The number of aromatic amines is 1. The average molecular weight is 444 g/mol. The van der Waals surface area contributed by atoms with Crippen LogP contribution in [0, 0.1) is 4.77 Å². The summed E-state index contributed by atoms with van der Waals surface area (Å²) in [5, 5.41) is 9.13. The van der Waals surface area contributed by atoms with E-state index in [4.69, 9.17) is 17.0 Å². The molecule has 30 heavy (non-hydrogen) atoms. The van der Waals surface area contributed by atoms with E-state index in [9.17, 15) is 4.79 Å². The van der Waals surface area contributed by atoms with E-state index < -0.39 is 0 Å². The summed E-state index contributed by atoms with van der Waals surface area (Å²) in [5.41, 5.74) is 1.25. The smallest absolute Gasteiger partial charge is 0.242 e. The van der Waals surface area contributed by atoms with E-state index in [0.29, 0.717) is 11.3 Å². The van der Waals surface area contributed by atoms with Crippen molar-refractivity contribution >= 4 is 29.5 Å². The molecule has 3 aromatic rings. The molecular weight excluding hydrogens is 418 g/mol.